The van der Waals surface area contributed by atoms with Gasteiger partial charge in [-0.3, -0.25) is 4.98 Å². The maximum absolute atomic E-state index is 6.31. The van der Waals surface area contributed by atoms with Crippen LogP contribution in [-0.2, 0) is 5.41 Å². The first kappa shape index (κ1) is 17.3. The molecule has 0 bridgehead atoms. The number of nitrogens with two attached hydrogens (primary N) is 1. The molecule has 1 atom stereocenters. The van der Waals surface area contributed by atoms with E-state index in [0.29, 0.717) is 5.70 Å². The van der Waals surface area contributed by atoms with Crippen LogP contribution < -0.4 is 5.73 Å². The van der Waals surface area contributed by atoms with E-state index in [1.54, 1.807) is 0 Å². The van der Waals surface area contributed by atoms with Crippen molar-refractivity contribution in [3.8, 4) is 11.1 Å². The number of hydrogen-bond donors (Lipinski definition) is 1. The van der Waals surface area contributed by atoms with Gasteiger partial charge in [0.15, 0.2) is 0 Å². The van der Waals surface area contributed by atoms with E-state index in [4.69, 9.17) is 5.73 Å². The van der Waals surface area contributed by atoms with Crippen LogP contribution in [0.2, 0.25) is 0 Å². The molecule has 122 valence electrons. The summed E-state index contributed by atoms with van der Waals surface area (Å²) in [4.78, 5) is 4.69. The van der Waals surface area contributed by atoms with Gasteiger partial charge in [0.1, 0.15) is 0 Å². The summed E-state index contributed by atoms with van der Waals surface area (Å²) in [6.45, 7) is 10.3. The molecule has 0 saturated carbocycles. The van der Waals surface area contributed by atoms with Crippen molar-refractivity contribution in [2.75, 3.05) is 0 Å². The van der Waals surface area contributed by atoms with E-state index in [1.807, 2.05) is 26.1 Å². The SMILES string of the molecule is C=C(N)C1(CCCCC)c2ccccc2-c2cccnc21.CC. The van der Waals surface area contributed by atoms with Crippen molar-refractivity contribution in [2.24, 2.45) is 5.73 Å². The molecule has 0 saturated heterocycles. The average molecular weight is 308 g/mol. The summed E-state index contributed by atoms with van der Waals surface area (Å²) in [5.74, 6) is 0. The van der Waals surface area contributed by atoms with Crippen molar-refractivity contribution in [1.29, 1.82) is 0 Å². The van der Waals surface area contributed by atoms with Gasteiger partial charge in [-0.25, -0.2) is 0 Å². The first-order chi connectivity index (χ1) is 11.2. The highest BCUT2D eigenvalue weighted by Crippen LogP contribution is 2.52. The van der Waals surface area contributed by atoms with Crippen LogP contribution in [0.4, 0.5) is 0 Å². The largest absolute Gasteiger partial charge is 0.401 e. The molecule has 0 amide bonds. The van der Waals surface area contributed by atoms with Crippen molar-refractivity contribution in [3.63, 3.8) is 0 Å². The molecule has 1 aromatic heterocycles. The van der Waals surface area contributed by atoms with E-state index in [0.717, 1.165) is 18.5 Å². The van der Waals surface area contributed by atoms with Crippen LogP contribution in [0.15, 0.2) is 54.9 Å². The molecule has 1 heterocycles. The van der Waals surface area contributed by atoms with Gasteiger partial charge in [-0.15, -0.1) is 0 Å². The normalized spacial score (nSPS) is 17.7. The molecule has 2 nitrogen and oxygen atoms in total. The highest BCUT2D eigenvalue weighted by atomic mass is 14.8. The van der Waals surface area contributed by atoms with Gasteiger partial charge in [-0.1, -0.05) is 76.9 Å². The van der Waals surface area contributed by atoms with E-state index in [2.05, 4.69) is 48.8 Å². The molecule has 1 aromatic carbocycles. The molecular weight excluding hydrogens is 280 g/mol. The van der Waals surface area contributed by atoms with Crippen LogP contribution in [0.3, 0.4) is 0 Å². The van der Waals surface area contributed by atoms with Crippen LogP contribution in [-0.4, -0.2) is 4.98 Å². The second-order valence-electron chi connectivity index (χ2n) is 5.83. The van der Waals surface area contributed by atoms with Crippen molar-refractivity contribution < 1.29 is 0 Å². The number of allylic oxidation sites excluding steroid dienone is 1. The van der Waals surface area contributed by atoms with Gasteiger partial charge in [0.25, 0.3) is 0 Å². The summed E-state index contributed by atoms with van der Waals surface area (Å²) in [5, 5.41) is 0. The Labute approximate surface area is 140 Å². The summed E-state index contributed by atoms with van der Waals surface area (Å²) < 4.78 is 0. The fourth-order valence-electron chi connectivity index (χ4n) is 3.56. The van der Waals surface area contributed by atoms with E-state index in [-0.39, 0.29) is 5.41 Å². The summed E-state index contributed by atoms with van der Waals surface area (Å²) in [5.41, 5.74) is 11.5. The molecule has 3 rings (SSSR count). The van der Waals surface area contributed by atoms with E-state index < -0.39 is 0 Å². The lowest BCUT2D eigenvalue weighted by molar-refractivity contribution is 0.502. The Morgan fingerprint density at radius 1 is 1.09 bits per heavy atom. The molecule has 1 aliphatic rings. The lowest BCUT2D eigenvalue weighted by atomic mass is 9.74. The molecule has 2 heteroatoms. The van der Waals surface area contributed by atoms with Gasteiger partial charge in [-0.2, -0.15) is 0 Å². The third-order valence-corrected chi connectivity index (χ3v) is 4.59. The maximum atomic E-state index is 6.31. The van der Waals surface area contributed by atoms with E-state index in [9.17, 15) is 0 Å². The second kappa shape index (κ2) is 7.45. The van der Waals surface area contributed by atoms with Gasteiger partial charge in [0, 0.05) is 17.5 Å². The minimum Gasteiger partial charge on any atom is -0.401 e. The Morgan fingerprint density at radius 2 is 1.78 bits per heavy atom. The highest BCUT2D eigenvalue weighted by Gasteiger charge is 2.45. The summed E-state index contributed by atoms with van der Waals surface area (Å²) in [6, 6.07) is 12.7. The molecular formula is C21H28N2. The Hall–Kier alpha value is -2.09. The summed E-state index contributed by atoms with van der Waals surface area (Å²) >= 11 is 0. The number of fused-ring (bicyclic) bond motifs is 3. The Kier molecular flexibility index (Phi) is 5.59. The number of pyridine rings is 1. The minimum absolute atomic E-state index is 0.317. The smallest absolute Gasteiger partial charge is 0.0774 e. The first-order valence-corrected chi connectivity index (χ1v) is 8.72. The molecule has 0 fully saturated rings. The number of rotatable bonds is 5. The number of nitrogens with zero attached hydrogens (tertiary/aromatic N) is 1. The van der Waals surface area contributed by atoms with Crippen molar-refractivity contribution in [2.45, 2.75) is 51.9 Å². The van der Waals surface area contributed by atoms with Gasteiger partial charge < -0.3 is 5.73 Å². The number of benzene rings is 1. The fourth-order valence-corrected chi connectivity index (χ4v) is 3.56. The molecule has 2 aromatic rings. The van der Waals surface area contributed by atoms with Crippen LogP contribution in [0, 0.1) is 0 Å². The molecule has 23 heavy (non-hydrogen) atoms. The third kappa shape index (κ3) is 2.78. The predicted molar refractivity (Wildman–Crippen MR) is 99.3 cm³/mol. The van der Waals surface area contributed by atoms with Gasteiger partial charge >= 0.3 is 0 Å². The van der Waals surface area contributed by atoms with Crippen molar-refractivity contribution in [1.82, 2.24) is 4.98 Å². The number of hydrogen-bond acceptors (Lipinski definition) is 2. The van der Waals surface area contributed by atoms with Gasteiger partial charge in [0.05, 0.1) is 11.1 Å². The van der Waals surface area contributed by atoms with Crippen LogP contribution in [0.1, 0.15) is 57.7 Å². The second-order valence-corrected chi connectivity index (χ2v) is 5.83. The average Bonchev–Trinajstić information content (AvgIpc) is 2.89. The van der Waals surface area contributed by atoms with E-state index in [1.165, 1.54) is 29.5 Å². The predicted octanol–water partition coefficient (Wildman–Crippen LogP) is 5.43. The molecule has 0 spiro atoms. The minimum atomic E-state index is -0.317. The summed E-state index contributed by atoms with van der Waals surface area (Å²) in [6.07, 6.45) is 6.39. The molecule has 1 aliphatic carbocycles. The third-order valence-electron chi connectivity index (χ3n) is 4.59. The fraction of sp³-hybridized carbons (Fsp3) is 0.381. The van der Waals surface area contributed by atoms with Crippen LogP contribution in [0.25, 0.3) is 11.1 Å². The lowest BCUT2D eigenvalue weighted by Gasteiger charge is -2.31. The summed E-state index contributed by atoms with van der Waals surface area (Å²) in [7, 11) is 0. The van der Waals surface area contributed by atoms with Crippen LogP contribution in [0.5, 0.6) is 0 Å². The van der Waals surface area contributed by atoms with E-state index >= 15 is 0 Å². The Bertz CT molecular complexity index is 628. The maximum Gasteiger partial charge on any atom is 0.0774 e. The quantitative estimate of drug-likeness (QED) is 0.748. The van der Waals surface area contributed by atoms with Crippen molar-refractivity contribution in [3.05, 3.63) is 66.1 Å². The zero-order valence-corrected chi connectivity index (χ0v) is 14.6. The Morgan fingerprint density at radius 3 is 2.48 bits per heavy atom. The monoisotopic (exact) mass is 308 g/mol. The standard InChI is InChI=1S/C19H22N2.C2H6/c1-3-4-7-12-19(14(2)20)17-11-6-5-9-15(17)16-10-8-13-21-18(16)19;1-2/h5-6,8-11,13H,2-4,7,12,20H2,1H3;1-2H3. The highest BCUT2D eigenvalue weighted by molar-refractivity contribution is 5.81. The number of aromatic nitrogens is 1. The zero-order chi connectivity index (χ0) is 16.9. The molecule has 1 unspecified atom stereocenters. The van der Waals surface area contributed by atoms with Gasteiger partial charge in [-0.05, 0) is 23.6 Å². The van der Waals surface area contributed by atoms with Gasteiger partial charge in [0.2, 0.25) is 0 Å². The molecule has 2 N–H and O–H groups in total. The molecule has 0 aliphatic heterocycles. The van der Waals surface area contributed by atoms with Crippen LogP contribution >= 0.6 is 0 Å². The Balaban J connectivity index is 0.000000924. The number of unbranched alkanes of at least 4 members (excludes halogenated alkanes) is 2. The first-order valence-electron chi connectivity index (χ1n) is 8.72. The molecule has 0 radical (unpaired) electrons. The topological polar surface area (TPSA) is 38.9 Å². The van der Waals surface area contributed by atoms with Crippen molar-refractivity contribution >= 4 is 0 Å². The lowest BCUT2D eigenvalue weighted by Crippen LogP contribution is -2.32. The zero-order valence-electron chi connectivity index (χ0n) is 14.6.